The fraction of sp³-hybridized carbons (Fsp3) is 0.500. The molecule has 1 aromatic heterocycles. The van der Waals surface area contributed by atoms with E-state index in [2.05, 4.69) is 9.97 Å². The predicted octanol–water partition coefficient (Wildman–Crippen LogP) is -0.0782. The first kappa shape index (κ1) is 11.1. The minimum atomic E-state index is -0.126. The van der Waals surface area contributed by atoms with E-state index in [1.807, 2.05) is 7.05 Å². The van der Waals surface area contributed by atoms with Gasteiger partial charge in [-0.3, -0.25) is 14.6 Å². The number of amides is 2. The fourth-order valence-electron chi connectivity index (χ4n) is 2.85. The zero-order valence-corrected chi connectivity index (χ0v) is 10.1. The van der Waals surface area contributed by atoms with Gasteiger partial charge in [0.25, 0.3) is 5.91 Å². The largest absolute Gasteiger partial charge is 0.341 e. The van der Waals surface area contributed by atoms with E-state index in [0.29, 0.717) is 18.7 Å². The summed E-state index contributed by atoms with van der Waals surface area (Å²) < 4.78 is 0. The highest BCUT2D eigenvalue weighted by Gasteiger charge is 2.47. The number of carbonyl (C=O) groups excluding carboxylic acids is 2. The van der Waals surface area contributed by atoms with E-state index in [1.54, 1.807) is 9.80 Å². The van der Waals surface area contributed by atoms with Gasteiger partial charge in [-0.15, -0.1) is 0 Å². The van der Waals surface area contributed by atoms with Crippen molar-refractivity contribution in [3.05, 3.63) is 24.3 Å². The molecule has 2 atom stereocenters. The lowest BCUT2D eigenvalue weighted by Crippen LogP contribution is -2.39. The predicted molar refractivity (Wildman–Crippen MR) is 62.6 cm³/mol. The molecule has 3 heterocycles. The van der Waals surface area contributed by atoms with Gasteiger partial charge < -0.3 is 9.80 Å². The van der Waals surface area contributed by atoms with Crippen LogP contribution in [0.1, 0.15) is 23.3 Å². The number of nitrogens with zero attached hydrogens (tertiary/aromatic N) is 4. The van der Waals surface area contributed by atoms with Crippen LogP contribution >= 0.6 is 0 Å². The molecule has 2 saturated heterocycles. The van der Waals surface area contributed by atoms with Crippen LogP contribution in [0.5, 0.6) is 0 Å². The van der Waals surface area contributed by atoms with E-state index in [4.69, 9.17) is 0 Å². The highest BCUT2D eigenvalue weighted by molar-refractivity contribution is 5.93. The molecular formula is C12H14N4O2. The number of hydrogen-bond donors (Lipinski definition) is 0. The van der Waals surface area contributed by atoms with Crippen molar-refractivity contribution < 1.29 is 9.59 Å². The van der Waals surface area contributed by atoms with Crippen molar-refractivity contribution in [3.8, 4) is 0 Å². The number of fused-ring (bicyclic) bond motifs is 1. The molecule has 1 aromatic rings. The summed E-state index contributed by atoms with van der Waals surface area (Å²) in [5.74, 6) is -0.0136. The molecule has 0 N–H and O–H groups in total. The molecule has 0 aliphatic carbocycles. The maximum atomic E-state index is 12.3. The Morgan fingerprint density at radius 3 is 2.94 bits per heavy atom. The second-order valence-electron chi connectivity index (χ2n) is 4.72. The SMILES string of the molecule is CN1C(=O)C[C@@H]2[C@@H]1CCN2C(=O)c1cnccn1. The standard InChI is InChI=1S/C12H14N4O2/c1-15-9-2-5-16(10(9)6-11(15)17)12(18)8-7-13-3-4-14-8/h3-4,7,9-10H,2,5-6H2,1H3/t9-,10+/m0/s1. The van der Waals surface area contributed by atoms with Crippen LogP contribution in [0.3, 0.4) is 0 Å². The van der Waals surface area contributed by atoms with Gasteiger partial charge in [0.15, 0.2) is 0 Å². The van der Waals surface area contributed by atoms with Crippen molar-refractivity contribution in [2.75, 3.05) is 13.6 Å². The van der Waals surface area contributed by atoms with Gasteiger partial charge in [-0.2, -0.15) is 0 Å². The molecule has 6 heteroatoms. The maximum Gasteiger partial charge on any atom is 0.274 e. The molecule has 0 radical (unpaired) electrons. The first-order chi connectivity index (χ1) is 8.68. The van der Waals surface area contributed by atoms with E-state index in [-0.39, 0.29) is 23.9 Å². The molecule has 18 heavy (non-hydrogen) atoms. The van der Waals surface area contributed by atoms with Gasteiger partial charge in [0, 0.05) is 32.4 Å². The first-order valence-electron chi connectivity index (χ1n) is 6.01. The molecular weight excluding hydrogens is 232 g/mol. The lowest BCUT2D eigenvalue weighted by atomic mass is 10.1. The minimum Gasteiger partial charge on any atom is -0.341 e. The Morgan fingerprint density at radius 2 is 2.22 bits per heavy atom. The molecule has 0 spiro atoms. The number of likely N-dealkylation sites (N-methyl/N-ethyl adjacent to an activating group) is 1. The Hall–Kier alpha value is -1.98. The number of rotatable bonds is 1. The molecule has 0 unspecified atom stereocenters. The summed E-state index contributed by atoms with van der Waals surface area (Å²) >= 11 is 0. The lowest BCUT2D eigenvalue weighted by molar-refractivity contribution is -0.127. The fourth-order valence-corrected chi connectivity index (χ4v) is 2.85. The van der Waals surface area contributed by atoms with Gasteiger partial charge in [0.1, 0.15) is 5.69 Å². The van der Waals surface area contributed by atoms with E-state index >= 15 is 0 Å². The quantitative estimate of drug-likeness (QED) is 0.695. The van der Waals surface area contributed by atoms with Crippen LogP contribution in [-0.4, -0.2) is 57.3 Å². The smallest absolute Gasteiger partial charge is 0.274 e. The van der Waals surface area contributed by atoms with Gasteiger partial charge in [-0.25, -0.2) is 4.98 Å². The van der Waals surface area contributed by atoms with Crippen molar-refractivity contribution in [1.29, 1.82) is 0 Å². The van der Waals surface area contributed by atoms with E-state index < -0.39 is 0 Å². The third-order valence-corrected chi connectivity index (χ3v) is 3.83. The van der Waals surface area contributed by atoms with Gasteiger partial charge in [-0.05, 0) is 6.42 Å². The summed E-state index contributed by atoms with van der Waals surface area (Å²) in [5, 5.41) is 0. The number of likely N-dealkylation sites (tertiary alicyclic amines) is 2. The van der Waals surface area contributed by atoms with Crippen LogP contribution in [0.2, 0.25) is 0 Å². The van der Waals surface area contributed by atoms with Crippen molar-refractivity contribution >= 4 is 11.8 Å². The normalized spacial score (nSPS) is 26.6. The second-order valence-corrected chi connectivity index (χ2v) is 4.72. The molecule has 2 aliphatic rings. The Bertz CT molecular complexity index is 490. The van der Waals surface area contributed by atoms with Crippen LogP contribution in [0.25, 0.3) is 0 Å². The van der Waals surface area contributed by atoms with E-state index in [1.165, 1.54) is 18.6 Å². The number of carbonyl (C=O) groups is 2. The van der Waals surface area contributed by atoms with Crippen molar-refractivity contribution in [1.82, 2.24) is 19.8 Å². The van der Waals surface area contributed by atoms with E-state index in [0.717, 1.165) is 6.42 Å². The molecule has 0 saturated carbocycles. The Balaban J connectivity index is 1.83. The van der Waals surface area contributed by atoms with Crippen molar-refractivity contribution in [3.63, 3.8) is 0 Å². The first-order valence-corrected chi connectivity index (χ1v) is 6.01. The van der Waals surface area contributed by atoms with Gasteiger partial charge >= 0.3 is 0 Å². The average Bonchev–Trinajstić information content (AvgIpc) is 2.92. The Labute approximate surface area is 105 Å². The summed E-state index contributed by atoms with van der Waals surface area (Å²) in [6, 6.07) is 0.162. The average molecular weight is 246 g/mol. The molecule has 0 bridgehead atoms. The minimum absolute atomic E-state index is 0.00277. The van der Waals surface area contributed by atoms with Crippen LogP contribution in [0.15, 0.2) is 18.6 Å². The molecule has 6 nitrogen and oxygen atoms in total. The third-order valence-electron chi connectivity index (χ3n) is 3.83. The molecule has 3 rings (SSSR count). The lowest BCUT2D eigenvalue weighted by Gasteiger charge is -2.23. The van der Waals surface area contributed by atoms with Gasteiger partial charge in [0.2, 0.25) is 5.91 Å². The number of hydrogen-bond acceptors (Lipinski definition) is 4. The monoisotopic (exact) mass is 246 g/mol. The van der Waals surface area contributed by atoms with Crippen LogP contribution in [0, 0.1) is 0 Å². The van der Waals surface area contributed by atoms with E-state index in [9.17, 15) is 9.59 Å². The summed E-state index contributed by atoms with van der Waals surface area (Å²) in [4.78, 5) is 35.4. The maximum absolute atomic E-state index is 12.3. The van der Waals surface area contributed by atoms with Crippen LogP contribution in [-0.2, 0) is 4.79 Å². The zero-order chi connectivity index (χ0) is 12.7. The van der Waals surface area contributed by atoms with Crippen LogP contribution in [0.4, 0.5) is 0 Å². The summed E-state index contributed by atoms with van der Waals surface area (Å²) in [6.07, 6.45) is 5.78. The molecule has 2 fully saturated rings. The summed E-state index contributed by atoms with van der Waals surface area (Å²) in [6.45, 7) is 0.683. The topological polar surface area (TPSA) is 66.4 Å². The Kier molecular flexibility index (Phi) is 2.50. The summed E-state index contributed by atoms with van der Waals surface area (Å²) in [5.41, 5.74) is 0.347. The number of aromatic nitrogens is 2. The van der Waals surface area contributed by atoms with Crippen molar-refractivity contribution in [2.24, 2.45) is 0 Å². The van der Waals surface area contributed by atoms with Gasteiger partial charge in [0.05, 0.1) is 18.3 Å². The van der Waals surface area contributed by atoms with Crippen molar-refractivity contribution in [2.45, 2.75) is 24.9 Å². The molecule has 2 amide bonds. The van der Waals surface area contributed by atoms with Crippen LogP contribution < -0.4 is 0 Å². The van der Waals surface area contributed by atoms with Gasteiger partial charge in [-0.1, -0.05) is 0 Å². The third kappa shape index (κ3) is 1.56. The highest BCUT2D eigenvalue weighted by atomic mass is 16.2. The molecule has 2 aliphatic heterocycles. The zero-order valence-electron chi connectivity index (χ0n) is 10.1. The second kappa shape index (κ2) is 4.04. The highest BCUT2D eigenvalue weighted by Crippen LogP contribution is 2.31. The molecule has 94 valence electrons. The Morgan fingerprint density at radius 1 is 1.39 bits per heavy atom. The molecule has 0 aromatic carbocycles. The summed E-state index contributed by atoms with van der Waals surface area (Å²) in [7, 11) is 1.81.